The first-order chi connectivity index (χ1) is 11.6. The fourth-order valence-electron chi connectivity index (χ4n) is 3.06. The van der Waals surface area contributed by atoms with Gasteiger partial charge in [-0.1, -0.05) is 5.16 Å². The molecule has 0 spiro atoms. The van der Waals surface area contributed by atoms with E-state index in [4.69, 9.17) is 14.0 Å². The summed E-state index contributed by atoms with van der Waals surface area (Å²) in [6, 6.07) is 7.31. The summed E-state index contributed by atoms with van der Waals surface area (Å²) in [5, 5.41) is 3.97. The minimum atomic E-state index is -0.0842. The van der Waals surface area contributed by atoms with E-state index in [1.807, 2.05) is 4.90 Å². The Labute approximate surface area is 141 Å². The Kier molecular flexibility index (Phi) is 4.74. The van der Waals surface area contributed by atoms with Crippen LogP contribution in [0, 0.1) is 0 Å². The van der Waals surface area contributed by atoms with Crippen LogP contribution in [-0.4, -0.2) is 42.8 Å². The van der Waals surface area contributed by atoms with Crippen LogP contribution >= 0.6 is 0 Å². The Morgan fingerprint density at radius 1 is 1.25 bits per heavy atom. The Hall–Kier alpha value is -2.50. The highest BCUT2D eigenvalue weighted by molar-refractivity contribution is 5.93. The van der Waals surface area contributed by atoms with Crippen molar-refractivity contribution in [2.75, 3.05) is 20.8 Å². The minimum Gasteiger partial charge on any atom is -0.497 e. The van der Waals surface area contributed by atoms with Crippen LogP contribution in [0.3, 0.4) is 0 Å². The first-order valence-corrected chi connectivity index (χ1v) is 8.14. The van der Waals surface area contributed by atoms with E-state index in [1.165, 1.54) is 0 Å². The fourth-order valence-corrected chi connectivity index (χ4v) is 3.06. The van der Waals surface area contributed by atoms with Gasteiger partial charge < -0.3 is 18.9 Å². The molecule has 0 aliphatic carbocycles. The molecule has 1 amide bonds. The van der Waals surface area contributed by atoms with Crippen LogP contribution in [0.2, 0.25) is 0 Å². The Morgan fingerprint density at radius 3 is 2.79 bits per heavy atom. The monoisotopic (exact) mass is 330 g/mol. The molecule has 0 saturated carbocycles. The molecule has 1 fully saturated rings. The molecule has 2 aromatic rings. The van der Waals surface area contributed by atoms with Gasteiger partial charge in [-0.2, -0.15) is 0 Å². The third-order valence-corrected chi connectivity index (χ3v) is 4.47. The average Bonchev–Trinajstić information content (AvgIpc) is 3.11. The van der Waals surface area contributed by atoms with Gasteiger partial charge >= 0.3 is 0 Å². The summed E-state index contributed by atoms with van der Waals surface area (Å²) in [6.07, 6.45) is 3.22. The van der Waals surface area contributed by atoms with Gasteiger partial charge in [-0.05, 0) is 44.4 Å². The van der Waals surface area contributed by atoms with Gasteiger partial charge in [-0.15, -0.1) is 0 Å². The van der Waals surface area contributed by atoms with E-state index < -0.39 is 0 Å². The van der Waals surface area contributed by atoms with E-state index in [0.29, 0.717) is 28.5 Å². The molecule has 128 valence electrons. The van der Waals surface area contributed by atoms with Gasteiger partial charge in [0.15, 0.2) is 11.5 Å². The van der Waals surface area contributed by atoms with Gasteiger partial charge in [0.1, 0.15) is 11.5 Å². The highest BCUT2D eigenvalue weighted by atomic mass is 16.5. The van der Waals surface area contributed by atoms with Gasteiger partial charge in [-0.3, -0.25) is 4.79 Å². The molecule has 6 heteroatoms. The number of ether oxygens (including phenoxy) is 2. The Morgan fingerprint density at radius 2 is 2.08 bits per heavy atom. The second-order valence-corrected chi connectivity index (χ2v) is 5.99. The van der Waals surface area contributed by atoms with Gasteiger partial charge in [0.25, 0.3) is 5.91 Å². The van der Waals surface area contributed by atoms with Crippen molar-refractivity contribution < 1.29 is 18.8 Å². The maximum atomic E-state index is 12.7. The summed E-state index contributed by atoms with van der Waals surface area (Å²) >= 11 is 0. The van der Waals surface area contributed by atoms with Crippen molar-refractivity contribution in [3.63, 3.8) is 0 Å². The van der Waals surface area contributed by atoms with E-state index in [-0.39, 0.29) is 11.9 Å². The first-order valence-electron chi connectivity index (χ1n) is 8.14. The third-order valence-electron chi connectivity index (χ3n) is 4.47. The van der Waals surface area contributed by atoms with Crippen molar-refractivity contribution in [2.45, 2.75) is 32.2 Å². The van der Waals surface area contributed by atoms with Crippen LogP contribution in [0.4, 0.5) is 0 Å². The zero-order chi connectivity index (χ0) is 17.1. The highest BCUT2D eigenvalue weighted by Crippen LogP contribution is 2.34. The summed E-state index contributed by atoms with van der Waals surface area (Å²) in [4.78, 5) is 14.5. The largest absolute Gasteiger partial charge is 0.497 e. The fraction of sp³-hybridized carbons (Fsp3) is 0.444. The molecular formula is C18H22N2O4. The lowest BCUT2D eigenvalue weighted by Gasteiger charge is -2.32. The van der Waals surface area contributed by atoms with Crippen LogP contribution in [0.5, 0.6) is 11.5 Å². The predicted octanol–water partition coefficient (Wildman–Crippen LogP) is 3.37. The molecule has 2 heterocycles. The van der Waals surface area contributed by atoms with Crippen molar-refractivity contribution in [1.29, 1.82) is 0 Å². The summed E-state index contributed by atoms with van der Waals surface area (Å²) in [5.74, 6) is 1.72. The molecule has 6 nitrogen and oxygen atoms in total. The van der Waals surface area contributed by atoms with Gasteiger partial charge in [0, 0.05) is 18.7 Å². The Balaban J connectivity index is 1.89. The lowest BCUT2D eigenvalue weighted by molar-refractivity contribution is 0.0625. The molecule has 1 aliphatic rings. The number of piperidine rings is 1. The summed E-state index contributed by atoms with van der Waals surface area (Å²) in [6.45, 7) is 2.84. The molecule has 0 unspecified atom stereocenters. The van der Waals surface area contributed by atoms with E-state index >= 15 is 0 Å². The molecule has 0 radical (unpaired) electrons. The van der Waals surface area contributed by atoms with Crippen LogP contribution < -0.4 is 9.47 Å². The van der Waals surface area contributed by atoms with Gasteiger partial charge in [0.05, 0.1) is 19.8 Å². The van der Waals surface area contributed by atoms with Crippen molar-refractivity contribution >= 4 is 5.91 Å². The van der Waals surface area contributed by atoms with Crippen molar-refractivity contribution in [2.24, 2.45) is 0 Å². The summed E-state index contributed by atoms with van der Waals surface area (Å²) in [5.41, 5.74) is 1.03. The molecule has 1 aromatic heterocycles. The third kappa shape index (κ3) is 3.09. The predicted molar refractivity (Wildman–Crippen MR) is 89.4 cm³/mol. The number of benzene rings is 1. The van der Waals surface area contributed by atoms with E-state index in [0.717, 1.165) is 25.8 Å². The maximum absolute atomic E-state index is 12.7. The number of carbonyl (C=O) groups is 1. The van der Waals surface area contributed by atoms with Crippen LogP contribution in [0.1, 0.15) is 36.7 Å². The lowest BCUT2D eigenvalue weighted by Crippen LogP contribution is -2.42. The lowest BCUT2D eigenvalue weighted by atomic mass is 10.0. The number of nitrogens with zero attached hydrogens (tertiary/aromatic N) is 2. The molecule has 1 aromatic carbocycles. The molecule has 0 N–H and O–H groups in total. The molecule has 0 bridgehead atoms. The average molecular weight is 330 g/mol. The van der Waals surface area contributed by atoms with Crippen molar-refractivity contribution in [1.82, 2.24) is 10.1 Å². The molecule has 1 atom stereocenters. The van der Waals surface area contributed by atoms with Gasteiger partial charge in [-0.25, -0.2) is 0 Å². The maximum Gasteiger partial charge on any atom is 0.276 e. The number of hydrogen-bond acceptors (Lipinski definition) is 5. The molecule has 1 saturated heterocycles. The van der Waals surface area contributed by atoms with Crippen LogP contribution in [0.25, 0.3) is 11.3 Å². The van der Waals surface area contributed by atoms with E-state index in [1.54, 1.807) is 38.5 Å². The smallest absolute Gasteiger partial charge is 0.276 e. The topological polar surface area (TPSA) is 64.8 Å². The molecule has 1 aliphatic heterocycles. The Bertz CT molecular complexity index is 726. The van der Waals surface area contributed by atoms with E-state index in [9.17, 15) is 4.79 Å². The van der Waals surface area contributed by atoms with Crippen molar-refractivity contribution in [3.8, 4) is 22.8 Å². The minimum absolute atomic E-state index is 0.0842. The number of aromatic nitrogens is 1. The first kappa shape index (κ1) is 16.4. The number of likely N-dealkylation sites (tertiary alicyclic amines) is 1. The second-order valence-electron chi connectivity index (χ2n) is 5.99. The number of hydrogen-bond donors (Lipinski definition) is 0. The second kappa shape index (κ2) is 6.95. The zero-order valence-electron chi connectivity index (χ0n) is 14.2. The van der Waals surface area contributed by atoms with Crippen LogP contribution in [-0.2, 0) is 0 Å². The number of carbonyl (C=O) groups excluding carboxylic acids is 1. The number of rotatable bonds is 4. The van der Waals surface area contributed by atoms with E-state index in [2.05, 4.69) is 12.1 Å². The standard InChI is InChI=1S/C18H22N2O4/c1-12-6-4-5-9-20(12)18(21)15-11-17(24-19-15)14-10-13(22-2)7-8-16(14)23-3/h7-8,10-12H,4-6,9H2,1-3H3/t12-/m0/s1. The van der Waals surface area contributed by atoms with Gasteiger partial charge in [0.2, 0.25) is 0 Å². The van der Waals surface area contributed by atoms with Crippen molar-refractivity contribution in [3.05, 3.63) is 30.0 Å². The quantitative estimate of drug-likeness (QED) is 0.860. The highest BCUT2D eigenvalue weighted by Gasteiger charge is 2.27. The molecule has 24 heavy (non-hydrogen) atoms. The summed E-state index contributed by atoms with van der Waals surface area (Å²) in [7, 11) is 3.18. The summed E-state index contributed by atoms with van der Waals surface area (Å²) < 4.78 is 16.0. The van der Waals surface area contributed by atoms with Crippen LogP contribution in [0.15, 0.2) is 28.8 Å². The normalized spacial score (nSPS) is 17.6. The zero-order valence-corrected chi connectivity index (χ0v) is 14.2. The number of amides is 1. The molecule has 3 rings (SSSR count). The SMILES string of the molecule is COc1ccc(OC)c(-c2cc(C(=O)N3CCCC[C@@H]3C)no2)c1. The number of methoxy groups -OCH3 is 2. The molecular weight excluding hydrogens is 308 g/mol.